The van der Waals surface area contributed by atoms with Crippen molar-refractivity contribution in [3.63, 3.8) is 0 Å². The van der Waals surface area contributed by atoms with Crippen LogP contribution >= 0.6 is 0 Å². The number of rotatable bonds is 3. The summed E-state index contributed by atoms with van der Waals surface area (Å²) in [4.78, 5) is 27.1. The zero-order valence-corrected chi connectivity index (χ0v) is 13.5. The quantitative estimate of drug-likeness (QED) is 0.929. The number of aryl methyl sites for hydroxylation is 2. The summed E-state index contributed by atoms with van der Waals surface area (Å²) in [7, 11) is 0. The minimum absolute atomic E-state index is 0.0230. The van der Waals surface area contributed by atoms with Gasteiger partial charge in [-0.2, -0.15) is 0 Å². The van der Waals surface area contributed by atoms with E-state index < -0.39 is 11.6 Å². The molecule has 0 radical (unpaired) electrons. The first-order valence-electron chi connectivity index (χ1n) is 7.57. The average molecular weight is 288 g/mol. The minimum atomic E-state index is -0.820. The molecule has 1 aliphatic heterocycles. The SMILES string of the molecule is CCC1C(=O)NC(C)(CC)C(=O)N1c1cc(C)ccc1C. The molecule has 2 unspecified atom stereocenters. The van der Waals surface area contributed by atoms with Gasteiger partial charge in [0.1, 0.15) is 11.6 Å². The fraction of sp³-hybridized carbons (Fsp3) is 0.529. The van der Waals surface area contributed by atoms with Crippen LogP contribution in [-0.4, -0.2) is 23.4 Å². The van der Waals surface area contributed by atoms with Crippen molar-refractivity contribution in [1.29, 1.82) is 0 Å². The van der Waals surface area contributed by atoms with Crippen molar-refractivity contribution < 1.29 is 9.59 Å². The summed E-state index contributed by atoms with van der Waals surface area (Å²) in [5.74, 6) is -0.0903. The number of carbonyl (C=O) groups excluding carboxylic acids is 2. The van der Waals surface area contributed by atoms with Gasteiger partial charge in [0.2, 0.25) is 5.91 Å². The number of piperazine rings is 1. The number of hydrogen-bond acceptors (Lipinski definition) is 2. The van der Waals surface area contributed by atoms with Gasteiger partial charge >= 0.3 is 0 Å². The van der Waals surface area contributed by atoms with Crippen LogP contribution in [0.3, 0.4) is 0 Å². The smallest absolute Gasteiger partial charge is 0.253 e. The monoisotopic (exact) mass is 288 g/mol. The highest BCUT2D eigenvalue weighted by molar-refractivity contribution is 6.10. The van der Waals surface area contributed by atoms with E-state index in [1.807, 2.05) is 45.9 Å². The molecule has 1 saturated heterocycles. The predicted octanol–water partition coefficient (Wildman–Crippen LogP) is 2.71. The van der Waals surface area contributed by atoms with Gasteiger partial charge in [-0.25, -0.2) is 0 Å². The average Bonchev–Trinajstić information content (AvgIpc) is 2.45. The second-order valence-electron chi connectivity index (χ2n) is 6.06. The summed E-state index contributed by atoms with van der Waals surface area (Å²) in [6.45, 7) is 9.63. The van der Waals surface area contributed by atoms with Crippen molar-refractivity contribution in [1.82, 2.24) is 5.32 Å². The highest BCUT2D eigenvalue weighted by atomic mass is 16.2. The minimum Gasteiger partial charge on any atom is -0.340 e. The number of carbonyl (C=O) groups is 2. The zero-order chi connectivity index (χ0) is 15.8. The number of benzene rings is 1. The molecule has 0 bridgehead atoms. The largest absolute Gasteiger partial charge is 0.340 e. The van der Waals surface area contributed by atoms with Gasteiger partial charge in [-0.3, -0.25) is 14.5 Å². The molecule has 1 aromatic carbocycles. The Morgan fingerprint density at radius 3 is 2.48 bits per heavy atom. The molecule has 2 amide bonds. The molecule has 4 nitrogen and oxygen atoms in total. The van der Waals surface area contributed by atoms with Crippen LogP contribution in [0.15, 0.2) is 18.2 Å². The van der Waals surface area contributed by atoms with Gasteiger partial charge in [-0.15, -0.1) is 0 Å². The third kappa shape index (κ3) is 2.55. The molecule has 21 heavy (non-hydrogen) atoms. The van der Waals surface area contributed by atoms with Crippen LogP contribution in [0.1, 0.15) is 44.7 Å². The standard InChI is InChI=1S/C17H24N2O2/c1-6-13-15(20)18-17(5,7-2)16(21)19(13)14-10-11(3)8-9-12(14)4/h8-10,13H,6-7H2,1-5H3,(H,18,20). The lowest BCUT2D eigenvalue weighted by atomic mass is 9.90. The van der Waals surface area contributed by atoms with Crippen molar-refractivity contribution in [2.45, 2.75) is 59.0 Å². The molecule has 2 rings (SSSR count). The second kappa shape index (κ2) is 5.51. The Morgan fingerprint density at radius 1 is 1.24 bits per heavy atom. The van der Waals surface area contributed by atoms with Crippen LogP contribution in [-0.2, 0) is 9.59 Å². The molecule has 1 fully saturated rings. The zero-order valence-electron chi connectivity index (χ0n) is 13.5. The van der Waals surface area contributed by atoms with Gasteiger partial charge in [0, 0.05) is 5.69 Å². The Morgan fingerprint density at radius 2 is 1.90 bits per heavy atom. The molecule has 114 valence electrons. The Bertz CT molecular complexity index is 582. The molecule has 1 heterocycles. The van der Waals surface area contributed by atoms with E-state index in [1.54, 1.807) is 11.8 Å². The van der Waals surface area contributed by atoms with Crippen LogP contribution < -0.4 is 10.2 Å². The van der Waals surface area contributed by atoms with Crippen LogP contribution in [0.25, 0.3) is 0 Å². The van der Waals surface area contributed by atoms with E-state index in [-0.39, 0.29) is 11.8 Å². The third-order valence-electron chi connectivity index (χ3n) is 4.42. The number of anilines is 1. The first-order chi connectivity index (χ1) is 9.84. The number of hydrogen-bond donors (Lipinski definition) is 1. The number of nitrogens with zero attached hydrogens (tertiary/aromatic N) is 1. The van der Waals surface area contributed by atoms with E-state index >= 15 is 0 Å². The van der Waals surface area contributed by atoms with Gasteiger partial charge < -0.3 is 5.32 Å². The van der Waals surface area contributed by atoms with Crippen LogP contribution in [0.4, 0.5) is 5.69 Å². The van der Waals surface area contributed by atoms with E-state index in [1.165, 1.54) is 0 Å². The lowest BCUT2D eigenvalue weighted by molar-refractivity contribution is -0.138. The topological polar surface area (TPSA) is 49.4 Å². The molecule has 1 N–H and O–H groups in total. The predicted molar refractivity (Wildman–Crippen MR) is 84.3 cm³/mol. The Balaban J connectivity index is 2.57. The van der Waals surface area contributed by atoms with E-state index in [0.29, 0.717) is 12.8 Å². The lowest BCUT2D eigenvalue weighted by Gasteiger charge is -2.44. The summed E-state index contributed by atoms with van der Waals surface area (Å²) in [6, 6.07) is 5.58. The highest BCUT2D eigenvalue weighted by Gasteiger charge is 2.47. The maximum Gasteiger partial charge on any atom is 0.253 e. The molecule has 4 heteroatoms. The molecular formula is C17H24N2O2. The van der Waals surface area contributed by atoms with Crippen molar-refractivity contribution in [2.75, 3.05) is 4.90 Å². The van der Waals surface area contributed by atoms with Crippen molar-refractivity contribution in [3.8, 4) is 0 Å². The highest BCUT2D eigenvalue weighted by Crippen LogP contribution is 2.31. The molecule has 0 spiro atoms. The molecule has 1 aromatic rings. The summed E-state index contributed by atoms with van der Waals surface area (Å²) in [6.07, 6.45) is 1.18. The van der Waals surface area contributed by atoms with Crippen molar-refractivity contribution in [2.24, 2.45) is 0 Å². The maximum absolute atomic E-state index is 13.0. The van der Waals surface area contributed by atoms with Gasteiger partial charge in [-0.05, 0) is 50.8 Å². The molecule has 1 aliphatic rings. The van der Waals surface area contributed by atoms with Gasteiger partial charge in [0.25, 0.3) is 5.91 Å². The number of nitrogens with one attached hydrogen (secondary N) is 1. The summed E-state index contributed by atoms with van der Waals surface area (Å²) in [5, 5.41) is 2.90. The van der Waals surface area contributed by atoms with Gasteiger partial charge in [-0.1, -0.05) is 26.0 Å². The van der Waals surface area contributed by atoms with E-state index in [9.17, 15) is 9.59 Å². The Labute approximate surface area is 126 Å². The normalized spacial score (nSPS) is 26.0. The molecule has 0 aromatic heterocycles. The Hall–Kier alpha value is -1.84. The molecule has 0 aliphatic carbocycles. The van der Waals surface area contributed by atoms with Gasteiger partial charge in [0.15, 0.2) is 0 Å². The number of amides is 2. The van der Waals surface area contributed by atoms with Crippen molar-refractivity contribution in [3.05, 3.63) is 29.3 Å². The van der Waals surface area contributed by atoms with Crippen molar-refractivity contribution >= 4 is 17.5 Å². The molecule has 0 saturated carbocycles. The lowest BCUT2D eigenvalue weighted by Crippen LogP contribution is -2.69. The summed E-state index contributed by atoms with van der Waals surface area (Å²) in [5.41, 5.74) is 2.13. The fourth-order valence-electron chi connectivity index (χ4n) is 2.80. The fourth-order valence-corrected chi connectivity index (χ4v) is 2.80. The third-order valence-corrected chi connectivity index (χ3v) is 4.42. The molecule has 2 atom stereocenters. The Kier molecular flexibility index (Phi) is 4.08. The van der Waals surface area contributed by atoms with E-state index in [2.05, 4.69) is 5.32 Å². The second-order valence-corrected chi connectivity index (χ2v) is 6.06. The van der Waals surface area contributed by atoms with E-state index in [4.69, 9.17) is 0 Å². The maximum atomic E-state index is 13.0. The molecular weight excluding hydrogens is 264 g/mol. The van der Waals surface area contributed by atoms with Gasteiger partial charge in [0.05, 0.1) is 0 Å². The first-order valence-corrected chi connectivity index (χ1v) is 7.57. The van der Waals surface area contributed by atoms with Crippen LogP contribution in [0.5, 0.6) is 0 Å². The summed E-state index contributed by atoms with van der Waals surface area (Å²) < 4.78 is 0. The van der Waals surface area contributed by atoms with Crippen LogP contribution in [0.2, 0.25) is 0 Å². The van der Waals surface area contributed by atoms with E-state index in [0.717, 1.165) is 16.8 Å². The first kappa shape index (κ1) is 15.5. The summed E-state index contributed by atoms with van der Waals surface area (Å²) >= 11 is 0. The van der Waals surface area contributed by atoms with Crippen LogP contribution in [0, 0.1) is 13.8 Å².